The molecule has 0 aliphatic carbocycles. The van der Waals surface area contributed by atoms with E-state index in [0.717, 1.165) is 24.2 Å². The lowest BCUT2D eigenvalue weighted by Crippen LogP contribution is -2.40. The van der Waals surface area contributed by atoms with Crippen LogP contribution in [0, 0.1) is 6.92 Å². The van der Waals surface area contributed by atoms with Gasteiger partial charge >= 0.3 is 0 Å². The Hall–Kier alpha value is -2.22. The monoisotopic (exact) mass is 331 g/mol. The Labute approximate surface area is 141 Å². The summed E-state index contributed by atoms with van der Waals surface area (Å²) in [5.41, 5.74) is 7.85. The lowest BCUT2D eigenvalue weighted by Gasteiger charge is -2.31. The van der Waals surface area contributed by atoms with E-state index in [1.165, 1.54) is 0 Å². The lowest BCUT2D eigenvalue weighted by molar-refractivity contribution is 0.0678. The van der Waals surface area contributed by atoms with Crippen molar-refractivity contribution in [1.82, 2.24) is 29.7 Å². The first-order valence-electron chi connectivity index (χ1n) is 8.27. The van der Waals surface area contributed by atoms with Crippen molar-refractivity contribution in [2.75, 3.05) is 13.1 Å². The van der Waals surface area contributed by atoms with Gasteiger partial charge in [-0.25, -0.2) is 4.68 Å². The molecule has 1 amide bonds. The van der Waals surface area contributed by atoms with Gasteiger partial charge < -0.3 is 10.6 Å². The minimum Gasteiger partial charge on any atom is -0.337 e. The summed E-state index contributed by atoms with van der Waals surface area (Å²) in [6.45, 7) is 7.13. The molecule has 0 atom stereocenters. The molecule has 2 aromatic rings. The first-order chi connectivity index (χ1) is 11.3. The van der Waals surface area contributed by atoms with Gasteiger partial charge in [0.05, 0.1) is 23.5 Å². The molecule has 130 valence electrons. The highest BCUT2D eigenvalue weighted by molar-refractivity contribution is 5.92. The molecule has 3 heterocycles. The van der Waals surface area contributed by atoms with E-state index in [2.05, 4.69) is 15.4 Å². The fraction of sp³-hybridized carbons (Fsp3) is 0.625. The van der Waals surface area contributed by atoms with Gasteiger partial charge in [0, 0.05) is 20.1 Å². The average Bonchev–Trinajstić information content (AvgIpc) is 3.13. The maximum atomic E-state index is 12.6. The number of nitrogens with zero attached hydrogens (tertiary/aromatic N) is 6. The Kier molecular flexibility index (Phi) is 4.16. The molecule has 0 aromatic carbocycles. The van der Waals surface area contributed by atoms with Crippen LogP contribution in [0.3, 0.4) is 0 Å². The summed E-state index contributed by atoms with van der Waals surface area (Å²) in [4.78, 5) is 14.5. The van der Waals surface area contributed by atoms with Crippen LogP contribution in [0.2, 0.25) is 0 Å². The lowest BCUT2D eigenvalue weighted by atomic mass is 10.0. The molecule has 0 radical (unpaired) electrons. The van der Waals surface area contributed by atoms with Gasteiger partial charge in [-0.15, -0.1) is 5.10 Å². The number of carbonyl (C=O) groups is 1. The Morgan fingerprint density at radius 3 is 2.50 bits per heavy atom. The molecular weight excluding hydrogens is 306 g/mol. The second-order valence-electron chi connectivity index (χ2n) is 7.12. The molecule has 0 bridgehead atoms. The summed E-state index contributed by atoms with van der Waals surface area (Å²) in [5, 5.41) is 12.6. The van der Waals surface area contributed by atoms with E-state index in [4.69, 9.17) is 5.73 Å². The zero-order valence-corrected chi connectivity index (χ0v) is 14.7. The molecule has 1 saturated heterocycles. The fourth-order valence-corrected chi connectivity index (χ4v) is 3.06. The van der Waals surface area contributed by atoms with E-state index in [0.29, 0.717) is 18.8 Å². The molecule has 1 aliphatic rings. The van der Waals surface area contributed by atoms with Crippen LogP contribution in [0.15, 0.2) is 12.3 Å². The highest BCUT2D eigenvalue weighted by Crippen LogP contribution is 2.24. The zero-order chi connectivity index (χ0) is 17.5. The first-order valence-corrected chi connectivity index (χ1v) is 8.27. The number of carbonyl (C=O) groups excluding carboxylic acids is 1. The van der Waals surface area contributed by atoms with E-state index in [1.807, 2.05) is 42.6 Å². The molecule has 3 rings (SSSR count). The second-order valence-corrected chi connectivity index (χ2v) is 7.12. The predicted octanol–water partition coefficient (Wildman–Crippen LogP) is 0.991. The van der Waals surface area contributed by atoms with E-state index in [1.54, 1.807) is 11.7 Å². The Morgan fingerprint density at radius 1 is 1.33 bits per heavy atom. The van der Waals surface area contributed by atoms with Gasteiger partial charge in [0.1, 0.15) is 11.4 Å². The number of rotatable bonds is 3. The van der Waals surface area contributed by atoms with Crippen molar-refractivity contribution in [2.24, 2.45) is 12.8 Å². The number of likely N-dealkylation sites (tertiary alicyclic amines) is 1. The highest BCUT2D eigenvalue weighted by Gasteiger charge is 2.28. The van der Waals surface area contributed by atoms with Gasteiger partial charge in [0.2, 0.25) is 0 Å². The third-order valence-electron chi connectivity index (χ3n) is 4.52. The summed E-state index contributed by atoms with van der Waals surface area (Å²) in [5.74, 6) is 0.0407. The molecule has 8 heteroatoms. The molecule has 2 aromatic heterocycles. The first kappa shape index (κ1) is 16.6. The molecule has 0 spiro atoms. The van der Waals surface area contributed by atoms with Crippen molar-refractivity contribution in [2.45, 2.75) is 45.2 Å². The maximum Gasteiger partial charge on any atom is 0.272 e. The molecule has 0 saturated carbocycles. The Bertz CT molecular complexity index is 732. The predicted molar refractivity (Wildman–Crippen MR) is 89.4 cm³/mol. The second kappa shape index (κ2) is 6.01. The fourth-order valence-electron chi connectivity index (χ4n) is 3.06. The van der Waals surface area contributed by atoms with Crippen LogP contribution in [0.5, 0.6) is 0 Å². The third kappa shape index (κ3) is 3.19. The minimum atomic E-state index is -0.494. The van der Waals surface area contributed by atoms with Crippen molar-refractivity contribution in [1.29, 1.82) is 0 Å². The Morgan fingerprint density at radius 2 is 2.00 bits per heavy atom. The van der Waals surface area contributed by atoms with Gasteiger partial charge in [-0.1, -0.05) is 5.21 Å². The van der Waals surface area contributed by atoms with E-state index in [-0.39, 0.29) is 11.9 Å². The van der Waals surface area contributed by atoms with Crippen LogP contribution in [-0.4, -0.2) is 48.7 Å². The number of hydrogen-bond acceptors (Lipinski definition) is 5. The topological polar surface area (TPSA) is 94.9 Å². The van der Waals surface area contributed by atoms with Gasteiger partial charge in [-0.2, -0.15) is 5.10 Å². The summed E-state index contributed by atoms with van der Waals surface area (Å²) >= 11 is 0. The van der Waals surface area contributed by atoms with Crippen LogP contribution in [0.4, 0.5) is 0 Å². The number of hydrogen-bond donors (Lipinski definition) is 1. The average molecular weight is 331 g/mol. The van der Waals surface area contributed by atoms with Crippen molar-refractivity contribution in [3.05, 3.63) is 29.3 Å². The molecule has 0 unspecified atom stereocenters. The van der Waals surface area contributed by atoms with E-state index in [9.17, 15) is 4.79 Å². The molecule has 1 fully saturated rings. The number of amides is 1. The quantitative estimate of drug-likeness (QED) is 0.905. The van der Waals surface area contributed by atoms with Crippen molar-refractivity contribution < 1.29 is 4.79 Å². The number of piperidine rings is 1. The summed E-state index contributed by atoms with van der Waals surface area (Å²) in [6.07, 6.45) is 3.64. The highest BCUT2D eigenvalue weighted by atomic mass is 16.2. The van der Waals surface area contributed by atoms with Gasteiger partial charge in [0.25, 0.3) is 5.91 Å². The molecule has 1 aliphatic heterocycles. The van der Waals surface area contributed by atoms with Crippen LogP contribution in [-0.2, 0) is 12.6 Å². The minimum absolute atomic E-state index is 0.0407. The molecular formula is C16H25N7O. The Balaban J connectivity index is 1.64. The standard InChI is InChI=1S/C16H25N7O/c1-11-9-13(21(4)19-11)15(24)22-7-5-12(6-8-22)23-10-14(18-20-23)16(2,3)17/h9-10,12H,5-8,17H2,1-4H3. The molecule has 2 N–H and O–H groups in total. The van der Waals surface area contributed by atoms with Crippen LogP contribution in [0.25, 0.3) is 0 Å². The molecule has 8 nitrogen and oxygen atoms in total. The van der Waals surface area contributed by atoms with Crippen molar-refractivity contribution in [3.63, 3.8) is 0 Å². The number of nitrogens with two attached hydrogens (primary N) is 1. The normalized spacial score (nSPS) is 16.6. The van der Waals surface area contributed by atoms with Crippen molar-refractivity contribution in [3.8, 4) is 0 Å². The number of aryl methyl sites for hydroxylation is 2. The molecule has 24 heavy (non-hydrogen) atoms. The van der Waals surface area contributed by atoms with Gasteiger partial charge in [-0.05, 0) is 39.7 Å². The summed E-state index contributed by atoms with van der Waals surface area (Å²) in [7, 11) is 1.80. The van der Waals surface area contributed by atoms with Crippen molar-refractivity contribution >= 4 is 5.91 Å². The summed E-state index contributed by atoms with van der Waals surface area (Å²) in [6, 6.07) is 2.09. The largest absolute Gasteiger partial charge is 0.337 e. The van der Waals surface area contributed by atoms with Crippen LogP contribution < -0.4 is 5.73 Å². The van der Waals surface area contributed by atoms with E-state index < -0.39 is 5.54 Å². The zero-order valence-electron chi connectivity index (χ0n) is 14.7. The van der Waals surface area contributed by atoms with Gasteiger partial charge in [0.15, 0.2) is 0 Å². The van der Waals surface area contributed by atoms with Crippen LogP contribution in [0.1, 0.15) is 54.6 Å². The maximum absolute atomic E-state index is 12.6. The SMILES string of the molecule is Cc1cc(C(=O)N2CCC(n3cc(C(C)(C)N)nn3)CC2)n(C)n1. The van der Waals surface area contributed by atoms with E-state index >= 15 is 0 Å². The van der Waals surface area contributed by atoms with Gasteiger partial charge in [-0.3, -0.25) is 9.48 Å². The summed E-state index contributed by atoms with van der Waals surface area (Å²) < 4.78 is 3.54. The third-order valence-corrected chi connectivity index (χ3v) is 4.52. The van der Waals surface area contributed by atoms with Crippen LogP contribution >= 0.6 is 0 Å². The number of aromatic nitrogens is 5. The smallest absolute Gasteiger partial charge is 0.272 e.